The number of amides is 1. The van der Waals surface area contributed by atoms with E-state index in [1.807, 2.05) is 67.8 Å². The van der Waals surface area contributed by atoms with Crippen molar-refractivity contribution in [3.8, 4) is 6.07 Å². The zero-order valence-electron chi connectivity index (χ0n) is 22.8. The van der Waals surface area contributed by atoms with Gasteiger partial charge in [-0.05, 0) is 61.2 Å². The maximum atomic E-state index is 13.6. The lowest BCUT2D eigenvalue weighted by Crippen LogP contribution is -2.30. The summed E-state index contributed by atoms with van der Waals surface area (Å²) >= 11 is 2.84. The summed E-state index contributed by atoms with van der Waals surface area (Å²) in [6.45, 7) is 3.80. The van der Waals surface area contributed by atoms with Gasteiger partial charge in [0.05, 0.1) is 28.3 Å². The van der Waals surface area contributed by atoms with Crippen molar-refractivity contribution in [2.45, 2.75) is 57.8 Å². The minimum atomic E-state index is -0.511. The van der Waals surface area contributed by atoms with Crippen LogP contribution in [0.5, 0.6) is 0 Å². The Morgan fingerprint density at radius 1 is 1.02 bits per heavy atom. The zero-order valence-corrected chi connectivity index (χ0v) is 24.5. The summed E-state index contributed by atoms with van der Waals surface area (Å²) in [7, 11) is 0. The second-order valence-electron chi connectivity index (χ2n) is 10.4. The van der Waals surface area contributed by atoms with Crippen LogP contribution in [0.4, 0.5) is 5.69 Å². The van der Waals surface area contributed by atoms with Crippen molar-refractivity contribution >= 4 is 40.5 Å². The molecule has 0 saturated heterocycles. The molecule has 1 fully saturated rings. The Morgan fingerprint density at radius 2 is 1.77 bits per heavy atom. The molecule has 1 unspecified atom stereocenters. The first-order valence-corrected chi connectivity index (χ1v) is 15.6. The van der Waals surface area contributed by atoms with Crippen LogP contribution in [0.15, 0.2) is 87.9 Å². The number of thiophene rings is 1. The van der Waals surface area contributed by atoms with Gasteiger partial charge >= 0.3 is 0 Å². The average molecular weight is 568 g/mol. The number of nitriles is 1. The Bertz CT molecular complexity index is 1490. The molecule has 0 spiro atoms. The number of benzene rings is 2. The number of anilines is 1. The van der Waals surface area contributed by atoms with E-state index < -0.39 is 5.92 Å². The van der Waals surface area contributed by atoms with Gasteiger partial charge in [0, 0.05) is 27.4 Å². The van der Waals surface area contributed by atoms with Crippen LogP contribution in [0.2, 0.25) is 0 Å². The quantitative estimate of drug-likeness (QED) is 0.269. The third-order valence-electron chi connectivity index (χ3n) is 7.77. The first kappa shape index (κ1) is 27.9. The van der Waals surface area contributed by atoms with E-state index in [4.69, 9.17) is 0 Å². The van der Waals surface area contributed by atoms with Gasteiger partial charge in [-0.15, -0.1) is 11.3 Å². The van der Waals surface area contributed by atoms with Crippen LogP contribution in [0, 0.1) is 18.3 Å². The Balaban J connectivity index is 1.35. The van der Waals surface area contributed by atoms with E-state index in [0.29, 0.717) is 33.4 Å². The molecule has 3 aromatic rings. The number of ketones is 1. The lowest BCUT2D eigenvalue weighted by atomic mass is 9.84. The van der Waals surface area contributed by atoms with Crippen molar-refractivity contribution in [1.29, 1.82) is 5.26 Å². The zero-order chi connectivity index (χ0) is 28.1. The van der Waals surface area contributed by atoms with Crippen molar-refractivity contribution in [2.75, 3.05) is 11.1 Å². The maximum Gasteiger partial charge on any atom is 0.254 e. The van der Waals surface area contributed by atoms with E-state index in [2.05, 4.69) is 28.8 Å². The Labute approximate surface area is 244 Å². The molecule has 5 nitrogen and oxygen atoms in total. The van der Waals surface area contributed by atoms with E-state index in [1.165, 1.54) is 60.8 Å². The van der Waals surface area contributed by atoms with Gasteiger partial charge in [-0.1, -0.05) is 79.6 Å². The third-order valence-corrected chi connectivity index (χ3v) is 9.72. The molecule has 2 aliphatic rings. The highest BCUT2D eigenvalue weighted by Crippen LogP contribution is 2.42. The predicted molar refractivity (Wildman–Crippen MR) is 164 cm³/mol. The number of rotatable bonds is 8. The van der Waals surface area contributed by atoms with E-state index >= 15 is 0 Å². The summed E-state index contributed by atoms with van der Waals surface area (Å²) in [6, 6.07) is 22.0. The highest BCUT2D eigenvalue weighted by molar-refractivity contribution is 8.03. The van der Waals surface area contributed by atoms with Crippen LogP contribution in [0.1, 0.15) is 77.2 Å². The molecule has 2 aromatic carbocycles. The highest BCUT2D eigenvalue weighted by atomic mass is 32.2. The summed E-state index contributed by atoms with van der Waals surface area (Å²) < 4.78 is 0. The predicted octanol–water partition coefficient (Wildman–Crippen LogP) is 8.06. The number of dihydropyridines is 1. The standard InChI is InChI=1S/C33H33N3O2S2/c1-21-9-6-7-12-27(21)36-32(38)30-22(2)35-33(26(19-34)31(30)29-13-8-18-39-29)40-20-28(37)25-16-14-24(15-17-25)23-10-4-3-5-11-23/h6-9,12-18,23,31,35H,3-5,10-11,20H2,1-2H3,(H,36,38). The van der Waals surface area contributed by atoms with Gasteiger partial charge in [-0.3, -0.25) is 9.59 Å². The average Bonchev–Trinajstić information content (AvgIpc) is 3.52. The fraction of sp³-hybridized carbons (Fsp3) is 0.303. The van der Waals surface area contributed by atoms with Crippen LogP contribution in [-0.4, -0.2) is 17.4 Å². The van der Waals surface area contributed by atoms with E-state index in [9.17, 15) is 14.9 Å². The molecular formula is C33H33N3O2S2. The first-order valence-electron chi connectivity index (χ1n) is 13.7. The number of nitrogens with one attached hydrogen (secondary N) is 2. The molecule has 1 saturated carbocycles. The van der Waals surface area contributed by atoms with Crippen LogP contribution in [-0.2, 0) is 4.79 Å². The fourth-order valence-corrected chi connectivity index (χ4v) is 7.40. The summed E-state index contributed by atoms with van der Waals surface area (Å²) in [4.78, 5) is 27.7. The highest BCUT2D eigenvalue weighted by Gasteiger charge is 2.35. The number of nitrogens with zero attached hydrogens (tertiary/aromatic N) is 1. The second kappa shape index (κ2) is 12.7. The molecule has 1 aliphatic carbocycles. The molecule has 1 aromatic heterocycles. The van der Waals surface area contributed by atoms with Crippen LogP contribution in [0.25, 0.3) is 0 Å². The maximum absolute atomic E-state index is 13.6. The fourth-order valence-electron chi connectivity index (χ4n) is 5.57. The van der Waals surface area contributed by atoms with Gasteiger partial charge in [-0.25, -0.2) is 0 Å². The summed E-state index contributed by atoms with van der Waals surface area (Å²) in [5.41, 5.74) is 5.34. The van der Waals surface area contributed by atoms with Gasteiger partial charge in [-0.2, -0.15) is 5.26 Å². The van der Waals surface area contributed by atoms with Crippen molar-refractivity contribution in [1.82, 2.24) is 5.32 Å². The van der Waals surface area contributed by atoms with Gasteiger partial charge in [0.15, 0.2) is 5.78 Å². The molecule has 1 amide bonds. The molecule has 204 valence electrons. The largest absolute Gasteiger partial charge is 0.353 e. The van der Waals surface area contributed by atoms with Crippen molar-refractivity contribution in [3.63, 3.8) is 0 Å². The molecule has 2 heterocycles. The molecule has 7 heteroatoms. The Hall–Kier alpha value is -3.60. The smallest absolute Gasteiger partial charge is 0.254 e. The molecular weight excluding hydrogens is 535 g/mol. The van der Waals surface area contributed by atoms with Crippen LogP contribution < -0.4 is 10.6 Å². The van der Waals surface area contributed by atoms with E-state index in [0.717, 1.165) is 16.1 Å². The van der Waals surface area contributed by atoms with Crippen molar-refractivity contribution in [2.24, 2.45) is 0 Å². The van der Waals surface area contributed by atoms with Gasteiger partial charge in [0.2, 0.25) is 0 Å². The van der Waals surface area contributed by atoms with Crippen LogP contribution >= 0.6 is 23.1 Å². The molecule has 5 rings (SSSR count). The summed E-state index contributed by atoms with van der Waals surface area (Å²) in [6.07, 6.45) is 6.33. The number of allylic oxidation sites excluding steroid dienone is 2. The number of aryl methyl sites for hydroxylation is 1. The van der Waals surface area contributed by atoms with Gasteiger partial charge < -0.3 is 10.6 Å². The van der Waals surface area contributed by atoms with E-state index in [-0.39, 0.29) is 17.4 Å². The second-order valence-corrected chi connectivity index (χ2v) is 12.4. The SMILES string of the molecule is CC1=C(C(=O)Nc2ccccc2C)C(c2cccs2)C(C#N)=C(SCC(=O)c2ccc(C3CCCCC3)cc2)N1. The normalized spacial score (nSPS) is 17.8. The minimum absolute atomic E-state index is 0.0178. The monoisotopic (exact) mass is 567 g/mol. The summed E-state index contributed by atoms with van der Waals surface area (Å²) in [5, 5.41) is 19.2. The lowest BCUT2D eigenvalue weighted by Gasteiger charge is -2.29. The molecule has 1 atom stereocenters. The van der Waals surface area contributed by atoms with Gasteiger partial charge in [0.25, 0.3) is 5.91 Å². The van der Waals surface area contributed by atoms with Gasteiger partial charge in [0.1, 0.15) is 0 Å². The Morgan fingerprint density at radius 3 is 2.45 bits per heavy atom. The number of carbonyl (C=O) groups is 2. The van der Waals surface area contributed by atoms with Crippen LogP contribution in [0.3, 0.4) is 0 Å². The molecule has 40 heavy (non-hydrogen) atoms. The number of Topliss-reactive ketones (excluding diaryl/α,β-unsaturated/α-hetero) is 1. The number of hydrogen-bond acceptors (Lipinski definition) is 6. The third kappa shape index (κ3) is 6.09. The molecule has 1 aliphatic heterocycles. The number of hydrogen-bond donors (Lipinski definition) is 2. The Kier molecular flexibility index (Phi) is 8.88. The minimum Gasteiger partial charge on any atom is -0.353 e. The van der Waals surface area contributed by atoms with Crippen molar-refractivity contribution < 1.29 is 9.59 Å². The van der Waals surface area contributed by atoms with E-state index in [1.54, 1.807) is 0 Å². The molecule has 2 N–H and O–H groups in total. The topological polar surface area (TPSA) is 82.0 Å². The van der Waals surface area contributed by atoms with Crippen molar-refractivity contribution in [3.05, 3.63) is 109 Å². The molecule has 0 bridgehead atoms. The first-order chi connectivity index (χ1) is 19.5. The number of thioether (sulfide) groups is 1. The lowest BCUT2D eigenvalue weighted by molar-refractivity contribution is -0.113. The number of carbonyl (C=O) groups excluding carboxylic acids is 2. The summed E-state index contributed by atoms with van der Waals surface area (Å²) in [5.74, 6) is 0.0597. The number of para-hydroxylation sites is 1. The molecule has 0 radical (unpaired) electrons.